The summed E-state index contributed by atoms with van der Waals surface area (Å²) in [4.78, 5) is 80.2. The molecule has 0 radical (unpaired) electrons. The van der Waals surface area contributed by atoms with Gasteiger partial charge in [-0.15, -0.1) is 0 Å². The third kappa shape index (κ3) is 9.11. The number of piperazine rings is 1. The van der Waals surface area contributed by atoms with E-state index in [9.17, 15) is 28.5 Å². The third-order valence-electron chi connectivity index (χ3n) is 12.2. The molecule has 0 bridgehead atoms. The van der Waals surface area contributed by atoms with Gasteiger partial charge in [0.15, 0.2) is 6.61 Å². The van der Waals surface area contributed by atoms with E-state index in [0.29, 0.717) is 48.5 Å². The number of carbonyl (C=O) groups is 5. The third-order valence-corrected chi connectivity index (χ3v) is 14.1. The van der Waals surface area contributed by atoms with Gasteiger partial charge in [-0.1, -0.05) is 41.9 Å². The second-order valence-electron chi connectivity index (χ2n) is 16.5. The highest BCUT2D eigenvalue weighted by atomic mass is 35.5. The van der Waals surface area contributed by atoms with Crippen molar-refractivity contribution in [2.45, 2.75) is 50.6 Å². The first-order chi connectivity index (χ1) is 29.8. The number of anilines is 1. The van der Waals surface area contributed by atoms with Crippen molar-refractivity contribution in [1.82, 2.24) is 30.0 Å². The normalized spacial score (nSPS) is 18.8. The van der Waals surface area contributed by atoms with Crippen LogP contribution in [0.2, 0.25) is 5.02 Å². The van der Waals surface area contributed by atoms with Gasteiger partial charge in [0, 0.05) is 93.4 Å². The maximum absolute atomic E-state index is 13.2. The Bertz CT molecular complexity index is 2480. The standard InChI is InChI=1S/C45H49ClN7O8P/c1-60-38-24-31(9-8-28(38)23-40-47-26-35(46)36(48-40)22-29-6-4-5-7-39(29)62(2,3)59)50-16-14-30(15-17-50)51-18-20-52(21-19-51)42(55)27-61-32-10-11-33-34(25-32)45(58)53(44(33)57)37-12-13-41(54)49-43(37)56/h4-11,24-26,30,37H,12-23,27H2,1-3H3,(H,49,54,56). The van der Waals surface area contributed by atoms with Crippen LogP contribution in [0.4, 0.5) is 5.69 Å². The van der Waals surface area contributed by atoms with Crippen molar-refractivity contribution >= 4 is 59.3 Å². The minimum atomic E-state index is -2.49. The summed E-state index contributed by atoms with van der Waals surface area (Å²) in [7, 11) is -0.822. The lowest BCUT2D eigenvalue weighted by molar-refractivity contribution is -0.137. The van der Waals surface area contributed by atoms with Gasteiger partial charge in [0.05, 0.1) is 29.0 Å². The van der Waals surface area contributed by atoms with Crippen LogP contribution in [0.3, 0.4) is 0 Å². The molecule has 62 heavy (non-hydrogen) atoms. The Labute approximate surface area is 365 Å². The van der Waals surface area contributed by atoms with E-state index < -0.39 is 36.8 Å². The average molecular weight is 882 g/mol. The number of nitrogens with one attached hydrogen (secondary N) is 1. The zero-order chi connectivity index (χ0) is 43.7. The van der Waals surface area contributed by atoms with Gasteiger partial charge < -0.3 is 23.8 Å². The summed E-state index contributed by atoms with van der Waals surface area (Å²) in [6, 6.07) is 17.8. The summed E-state index contributed by atoms with van der Waals surface area (Å²) in [5.41, 5.74) is 3.92. The van der Waals surface area contributed by atoms with Crippen molar-refractivity contribution in [1.29, 1.82) is 0 Å². The van der Waals surface area contributed by atoms with Crippen LogP contribution in [0.15, 0.2) is 66.9 Å². The fourth-order valence-electron chi connectivity index (χ4n) is 8.87. The zero-order valence-electron chi connectivity index (χ0n) is 35.0. The van der Waals surface area contributed by atoms with Crippen molar-refractivity contribution < 1.29 is 38.0 Å². The van der Waals surface area contributed by atoms with Gasteiger partial charge >= 0.3 is 0 Å². The molecule has 0 saturated carbocycles. The van der Waals surface area contributed by atoms with Crippen LogP contribution in [0.5, 0.6) is 11.5 Å². The Kier molecular flexibility index (Phi) is 12.5. The summed E-state index contributed by atoms with van der Waals surface area (Å²) < 4.78 is 24.6. The first-order valence-electron chi connectivity index (χ1n) is 20.8. The van der Waals surface area contributed by atoms with Crippen molar-refractivity contribution in [2.75, 3.05) is 71.2 Å². The molecule has 1 aromatic heterocycles. The molecule has 3 aromatic carbocycles. The number of benzene rings is 3. The van der Waals surface area contributed by atoms with Crippen LogP contribution in [-0.4, -0.2) is 133 Å². The first kappa shape index (κ1) is 43.0. The zero-order valence-corrected chi connectivity index (χ0v) is 36.6. The number of piperidine rings is 2. The predicted molar refractivity (Wildman–Crippen MR) is 233 cm³/mol. The number of methoxy groups -OCH3 is 1. The Morgan fingerprint density at radius 1 is 0.871 bits per heavy atom. The molecule has 1 N–H and O–H groups in total. The van der Waals surface area contributed by atoms with Gasteiger partial charge in [0.1, 0.15) is 30.5 Å². The van der Waals surface area contributed by atoms with Crippen LogP contribution < -0.4 is 25.0 Å². The molecule has 4 aromatic rings. The fourth-order valence-corrected chi connectivity index (χ4v) is 10.3. The van der Waals surface area contributed by atoms with Gasteiger partial charge in [0.25, 0.3) is 17.7 Å². The minimum absolute atomic E-state index is 0.0372. The Morgan fingerprint density at radius 3 is 2.34 bits per heavy atom. The number of aromatic nitrogens is 2. The Hall–Kier alpha value is -5.63. The van der Waals surface area contributed by atoms with E-state index >= 15 is 0 Å². The van der Waals surface area contributed by atoms with Crippen molar-refractivity contribution in [3.8, 4) is 11.5 Å². The predicted octanol–water partition coefficient (Wildman–Crippen LogP) is 4.16. The van der Waals surface area contributed by atoms with Crippen molar-refractivity contribution in [3.63, 3.8) is 0 Å². The molecule has 5 amide bonds. The lowest BCUT2D eigenvalue weighted by Crippen LogP contribution is -2.55. The quantitative estimate of drug-likeness (QED) is 0.160. The highest BCUT2D eigenvalue weighted by Gasteiger charge is 2.45. The topological polar surface area (TPSA) is 172 Å². The first-order valence-corrected chi connectivity index (χ1v) is 23.8. The number of carbonyl (C=O) groups excluding carboxylic acids is 5. The van der Waals surface area contributed by atoms with Crippen molar-refractivity contribution in [3.05, 3.63) is 106 Å². The number of nitrogens with zero attached hydrogens (tertiary/aromatic N) is 6. The van der Waals surface area contributed by atoms with Crippen LogP contribution in [-0.2, 0) is 31.8 Å². The molecule has 0 aliphatic carbocycles. The molecule has 4 aliphatic rings. The summed E-state index contributed by atoms with van der Waals surface area (Å²) in [6.07, 6.45) is 4.62. The number of ether oxygens (including phenoxy) is 2. The maximum Gasteiger partial charge on any atom is 0.262 e. The van der Waals surface area contributed by atoms with Gasteiger partial charge in [-0.25, -0.2) is 9.97 Å². The van der Waals surface area contributed by atoms with E-state index in [2.05, 4.69) is 38.3 Å². The summed E-state index contributed by atoms with van der Waals surface area (Å²) in [5, 5.41) is 3.49. The summed E-state index contributed by atoms with van der Waals surface area (Å²) >= 11 is 6.56. The fraction of sp³-hybridized carbons (Fsp3) is 0.400. The van der Waals surface area contributed by atoms with E-state index in [-0.39, 0.29) is 42.2 Å². The molecule has 3 fully saturated rings. The van der Waals surface area contributed by atoms with Crippen molar-refractivity contribution in [2.24, 2.45) is 0 Å². The van der Waals surface area contributed by atoms with Gasteiger partial charge in [-0.2, -0.15) is 0 Å². The number of imide groups is 2. The second-order valence-corrected chi connectivity index (χ2v) is 20.1. The summed E-state index contributed by atoms with van der Waals surface area (Å²) in [5.74, 6) is -0.857. The molecular weight excluding hydrogens is 833 g/mol. The van der Waals surface area contributed by atoms with E-state index in [1.165, 1.54) is 18.2 Å². The molecule has 8 rings (SSSR count). The molecular formula is C45H49ClN7O8P. The Balaban J connectivity index is 0.806. The van der Waals surface area contributed by atoms with Crippen LogP contribution in [0.25, 0.3) is 0 Å². The molecule has 324 valence electrons. The molecule has 5 heterocycles. The van der Waals surface area contributed by atoms with Gasteiger partial charge in [0.2, 0.25) is 11.8 Å². The smallest absolute Gasteiger partial charge is 0.262 e. The van der Waals surface area contributed by atoms with Crippen LogP contribution >= 0.6 is 18.7 Å². The van der Waals surface area contributed by atoms with Crippen LogP contribution in [0.1, 0.15) is 69.0 Å². The number of halogens is 1. The van der Waals surface area contributed by atoms with E-state index in [4.69, 9.17) is 26.1 Å². The van der Waals surface area contributed by atoms with E-state index in [1.807, 2.05) is 24.3 Å². The monoisotopic (exact) mass is 881 g/mol. The molecule has 0 spiro atoms. The van der Waals surface area contributed by atoms with Crippen LogP contribution in [0, 0.1) is 0 Å². The molecule has 4 aliphatic heterocycles. The minimum Gasteiger partial charge on any atom is -0.496 e. The number of hydrogen-bond acceptors (Lipinski definition) is 12. The lowest BCUT2D eigenvalue weighted by Gasteiger charge is -2.43. The van der Waals surface area contributed by atoms with E-state index in [0.717, 1.165) is 71.8 Å². The number of rotatable bonds is 12. The molecule has 1 unspecified atom stereocenters. The Morgan fingerprint density at radius 2 is 1.61 bits per heavy atom. The SMILES string of the molecule is COc1cc(N2CCC(N3CCN(C(=O)COc4ccc5c(c4)C(=O)N(C4CCC(=O)NC4=O)C5=O)CC3)CC2)ccc1Cc1ncc(Cl)c(Cc2ccccc2P(C)(C)=O)n1. The van der Waals surface area contributed by atoms with Gasteiger partial charge in [-0.3, -0.25) is 39.1 Å². The largest absolute Gasteiger partial charge is 0.496 e. The number of hydrogen-bond donors (Lipinski definition) is 1. The highest BCUT2D eigenvalue weighted by molar-refractivity contribution is 7.70. The summed E-state index contributed by atoms with van der Waals surface area (Å²) in [6.45, 7) is 7.74. The van der Waals surface area contributed by atoms with Gasteiger partial charge in [-0.05, 0) is 62.4 Å². The highest BCUT2D eigenvalue weighted by Crippen LogP contribution is 2.37. The molecule has 3 saturated heterocycles. The van der Waals surface area contributed by atoms with E-state index in [1.54, 1.807) is 31.5 Å². The second kappa shape index (κ2) is 18.0. The number of amides is 5. The average Bonchev–Trinajstić information content (AvgIpc) is 3.51. The lowest BCUT2D eigenvalue weighted by atomic mass is 10.0. The molecule has 17 heteroatoms. The molecule has 15 nitrogen and oxygen atoms in total. The maximum atomic E-state index is 13.2. The number of fused-ring (bicyclic) bond motifs is 1. The molecule has 1 atom stereocenters.